The van der Waals surface area contributed by atoms with E-state index < -0.39 is 6.10 Å². The summed E-state index contributed by atoms with van der Waals surface area (Å²) in [7, 11) is 0. The van der Waals surface area contributed by atoms with Crippen LogP contribution in [0.4, 0.5) is 0 Å². The molecule has 0 bridgehead atoms. The van der Waals surface area contributed by atoms with Gasteiger partial charge >= 0.3 is 0 Å². The fraction of sp³-hybridized carbons (Fsp3) is 0.118. The van der Waals surface area contributed by atoms with Crippen molar-refractivity contribution in [2.45, 2.75) is 6.10 Å². The number of hydrogen-bond donors (Lipinski definition) is 2. The maximum atomic E-state index is 12.0. The van der Waals surface area contributed by atoms with Crippen molar-refractivity contribution in [3.63, 3.8) is 0 Å². The number of aliphatic hydroxyl groups excluding tert-OH is 1. The number of thiophene rings is 2. The highest BCUT2D eigenvalue weighted by molar-refractivity contribution is 9.10. The van der Waals surface area contributed by atoms with Gasteiger partial charge in [0.25, 0.3) is 5.91 Å². The molecule has 0 saturated carbocycles. The van der Waals surface area contributed by atoms with E-state index in [1.165, 1.54) is 16.2 Å². The van der Waals surface area contributed by atoms with Gasteiger partial charge in [0.15, 0.2) is 0 Å². The SMILES string of the molecule is O=C(NCC(O)c1ccc(-c2cccs2)cc1)c1cc(Br)cs1. The highest BCUT2D eigenvalue weighted by Gasteiger charge is 2.12. The van der Waals surface area contributed by atoms with Crippen LogP contribution in [0.3, 0.4) is 0 Å². The van der Waals surface area contributed by atoms with Crippen LogP contribution in [-0.2, 0) is 0 Å². The molecule has 3 aromatic rings. The number of carbonyl (C=O) groups excluding carboxylic acids is 1. The average Bonchev–Trinajstić information content (AvgIpc) is 3.24. The van der Waals surface area contributed by atoms with Crippen molar-refractivity contribution in [3.8, 4) is 10.4 Å². The summed E-state index contributed by atoms with van der Waals surface area (Å²) >= 11 is 6.37. The monoisotopic (exact) mass is 407 g/mol. The van der Waals surface area contributed by atoms with Crippen molar-refractivity contribution in [1.82, 2.24) is 5.32 Å². The number of amides is 1. The van der Waals surface area contributed by atoms with Crippen molar-refractivity contribution in [2.24, 2.45) is 0 Å². The Labute approximate surface area is 150 Å². The molecule has 3 rings (SSSR count). The van der Waals surface area contributed by atoms with Gasteiger partial charge in [0.2, 0.25) is 0 Å². The van der Waals surface area contributed by atoms with E-state index >= 15 is 0 Å². The van der Waals surface area contributed by atoms with E-state index in [0.717, 1.165) is 15.6 Å². The zero-order valence-electron chi connectivity index (χ0n) is 12.0. The Morgan fingerprint density at radius 1 is 1.22 bits per heavy atom. The van der Waals surface area contributed by atoms with Crippen LogP contribution in [0.25, 0.3) is 10.4 Å². The molecule has 0 fully saturated rings. The summed E-state index contributed by atoms with van der Waals surface area (Å²) in [6.45, 7) is 0.187. The van der Waals surface area contributed by atoms with E-state index in [1.54, 1.807) is 17.4 Å². The molecule has 0 aliphatic carbocycles. The topological polar surface area (TPSA) is 49.3 Å². The van der Waals surface area contributed by atoms with E-state index in [0.29, 0.717) is 4.88 Å². The lowest BCUT2D eigenvalue weighted by Crippen LogP contribution is -2.27. The van der Waals surface area contributed by atoms with Crippen molar-refractivity contribution in [1.29, 1.82) is 0 Å². The lowest BCUT2D eigenvalue weighted by atomic mass is 10.1. The summed E-state index contributed by atoms with van der Waals surface area (Å²) in [5, 5.41) is 16.9. The van der Waals surface area contributed by atoms with Crippen LogP contribution >= 0.6 is 38.6 Å². The van der Waals surface area contributed by atoms with Crippen LogP contribution in [0.2, 0.25) is 0 Å². The minimum Gasteiger partial charge on any atom is -0.387 e. The summed E-state index contributed by atoms with van der Waals surface area (Å²) in [6, 6.07) is 13.6. The van der Waals surface area contributed by atoms with Crippen molar-refractivity contribution in [2.75, 3.05) is 6.54 Å². The third kappa shape index (κ3) is 4.09. The maximum Gasteiger partial charge on any atom is 0.261 e. The minimum atomic E-state index is -0.722. The second-order valence-corrected chi connectivity index (χ2v) is 7.73. The van der Waals surface area contributed by atoms with E-state index in [-0.39, 0.29) is 12.5 Å². The fourth-order valence-electron chi connectivity index (χ4n) is 2.14. The largest absolute Gasteiger partial charge is 0.387 e. The molecule has 1 atom stereocenters. The zero-order chi connectivity index (χ0) is 16.2. The van der Waals surface area contributed by atoms with Gasteiger partial charge in [-0.1, -0.05) is 30.3 Å². The van der Waals surface area contributed by atoms with E-state index in [2.05, 4.69) is 27.3 Å². The first kappa shape index (κ1) is 16.4. The first-order chi connectivity index (χ1) is 11.1. The Hall–Kier alpha value is -1.47. The number of rotatable bonds is 5. The molecule has 0 aliphatic rings. The molecule has 3 nitrogen and oxygen atoms in total. The van der Waals surface area contributed by atoms with Gasteiger partial charge in [0.1, 0.15) is 0 Å². The van der Waals surface area contributed by atoms with Crippen molar-refractivity contribution in [3.05, 3.63) is 68.1 Å². The predicted molar refractivity (Wildman–Crippen MR) is 99.1 cm³/mol. The predicted octanol–water partition coefficient (Wildman–Crippen LogP) is 4.70. The number of aliphatic hydroxyl groups is 1. The smallest absolute Gasteiger partial charge is 0.261 e. The van der Waals surface area contributed by atoms with Gasteiger partial charge in [-0.2, -0.15) is 0 Å². The lowest BCUT2D eigenvalue weighted by molar-refractivity contribution is 0.0920. The van der Waals surface area contributed by atoms with Crippen molar-refractivity contribution < 1.29 is 9.90 Å². The molecule has 2 N–H and O–H groups in total. The van der Waals surface area contributed by atoms with Gasteiger partial charge in [-0.25, -0.2) is 0 Å². The van der Waals surface area contributed by atoms with Crippen LogP contribution < -0.4 is 5.32 Å². The molecule has 1 aromatic carbocycles. The standard InChI is InChI=1S/C17H14BrNO2S2/c18-13-8-16(23-10-13)17(21)19-9-14(20)11-3-5-12(6-4-11)15-2-1-7-22-15/h1-8,10,14,20H,9H2,(H,19,21). The van der Waals surface area contributed by atoms with Crippen LogP contribution in [-0.4, -0.2) is 17.6 Å². The molecule has 0 aliphatic heterocycles. The Morgan fingerprint density at radius 2 is 2.00 bits per heavy atom. The Bertz CT molecular complexity index is 781. The van der Waals surface area contributed by atoms with Crippen molar-refractivity contribution >= 4 is 44.5 Å². The quantitative estimate of drug-likeness (QED) is 0.643. The molecule has 6 heteroatoms. The summed E-state index contributed by atoms with van der Waals surface area (Å²) in [5.74, 6) is -0.171. The summed E-state index contributed by atoms with van der Waals surface area (Å²) in [5.41, 5.74) is 1.92. The lowest BCUT2D eigenvalue weighted by Gasteiger charge is -2.12. The molecule has 0 radical (unpaired) electrons. The van der Waals surface area contributed by atoms with Crippen LogP contribution in [0.1, 0.15) is 21.3 Å². The van der Waals surface area contributed by atoms with Crippen LogP contribution in [0, 0.1) is 0 Å². The molecule has 23 heavy (non-hydrogen) atoms. The summed E-state index contributed by atoms with van der Waals surface area (Å²) < 4.78 is 0.886. The van der Waals surface area contributed by atoms with Gasteiger partial charge in [-0.3, -0.25) is 4.79 Å². The molecular weight excluding hydrogens is 394 g/mol. The minimum absolute atomic E-state index is 0.171. The number of hydrogen-bond acceptors (Lipinski definition) is 4. The fourth-order valence-corrected chi connectivity index (χ4v) is 4.21. The first-order valence-electron chi connectivity index (χ1n) is 6.97. The maximum absolute atomic E-state index is 12.0. The van der Waals surface area contributed by atoms with E-state index in [4.69, 9.17) is 0 Å². The number of nitrogens with one attached hydrogen (secondary N) is 1. The number of carbonyl (C=O) groups is 1. The molecule has 2 aromatic heterocycles. The molecule has 0 saturated heterocycles. The average molecular weight is 408 g/mol. The Kier molecular flexibility index (Phi) is 5.27. The third-order valence-electron chi connectivity index (χ3n) is 3.35. The molecule has 0 spiro atoms. The van der Waals surface area contributed by atoms with E-state index in [1.807, 2.05) is 41.1 Å². The van der Waals surface area contributed by atoms with Crippen LogP contribution in [0.5, 0.6) is 0 Å². The molecule has 2 heterocycles. The summed E-state index contributed by atoms with van der Waals surface area (Å²) in [6.07, 6.45) is -0.722. The van der Waals surface area contributed by atoms with E-state index in [9.17, 15) is 9.90 Å². The van der Waals surface area contributed by atoms with Gasteiger partial charge in [0.05, 0.1) is 11.0 Å². The Balaban J connectivity index is 1.60. The highest BCUT2D eigenvalue weighted by Crippen LogP contribution is 2.26. The molecular formula is C17H14BrNO2S2. The number of halogens is 1. The summed E-state index contributed by atoms with van der Waals surface area (Å²) in [4.78, 5) is 13.8. The third-order valence-corrected chi connectivity index (χ3v) is 5.96. The van der Waals surface area contributed by atoms with Crippen LogP contribution in [0.15, 0.2) is 57.7 Å². The van der Waals surface area contributed by atoms with Gasteiger partial charge in [-0.15, -0.1) is 22.7 Å². The first-order valence-corrected chi connectivity index (χ1v) is 9.53. The Morgan fingerprint density at radius 3 is 2.61 bits per heavy atom. The normalized spacial score (nSPS) is 12.1. The second-order valence-electron chi connectivity index (χ2n) is 4.95. The second kappa shape index (κ2) is 7.40. The molecule has 1 amide bonds. The van der Waals surface area contributed by atoms with Gasteiger partial charge in [0, 0.05) is 21.3 Å². The zero-order valence-corrected chi connectivity index (χ0v) is 15.2. The van der Waals surface area contributed by atoms with Gasteiger partial charge < -0.3 is 10.4 Å². The van der Waals surface area contributed by atoms with Gasteiger partial charge in [-0.05, 0) is 44.6 Å². The molecule has 1 unspecified atom stereocenters. The number of benzene rings is 1. The molecule has 118 valence electrons. The highest BCUT2D eigenvalue weighted by atomic mass is 79.9.